The molecule has 0 aliphatic heterocycles. The predicted molar refractivity (Wildman–Crippen MR) is 54.3 cm³/mol. The number of phenols is 1. The second-order valence-corrected chi connectivity index (χ2v) is 4.49. The standard InChI is InChI=1S/C10H7O4S/c11-10-6-8(15(12,13)14)5-7-3-1-2-4-9(7)10/h2-6,11H,(H,12,13,14). The molecule has 2 aromatic rings. The lowest BCUT2D eigenvalue weighted by atomic mass is 10.1. The summed E-state index contributed by atoms with van der Waals surface area (Å²) in [4.78, 5) is -0.327. The van der Waals surface area contributed by atoms with Crippen LogP contribution in [0.15, 0.2) is 35.2 Å². The van der Waals surface area contributed by atoms with Crippen molar-refractivity contribution in [3.63, 3.8) is 0 Å². The van der Waals surface area contributed by atoms with Crippen LogP contribution in [-0.4, -0.2) is 18.1 Å². The Hall–Kier alpha value is -1.59. The highest BCUT2D eigenvalue weighted by Crippen LogP contribution is 2.27. The van der Waals surface area contributed by atoms with Crippen molar-refractivity contribution in [1.29, 1.82) is 0 Å². The minimum absolute atomic E-state index is 0.186. The van der Waals surface area contributed by atoms with Crippen LogP contribution < -0.4 is 0 Å². The molecular formula is C10H7O4S. The van der Waals surface area contributed by atoms with Gasteiger partial charge in [-0.2, -0.15) is 8.42 Å². The largest absolute Gasteiger partial charge is 0.507 e. The summed E-state index contributed by atoms with van der Waals surface area (Å²) >= 11 is 0. The van der Waals surface area contributed by atoms with Crippen LogP contribution in [-0.2, 0) is 10.1 Å². The van der Waals surface area contributed by atoms with Gasteiger partial charge in [0, 0.05) is 11.5 Å². The zero-order chi connectivity index (χ0) is 11.1. The summed E-state index contributed by atoms with van der Waals surface area (Å²) in [6.07, 6.45) is 0. The Labute approximate surface area is 86.5 Å². The Kier molecular flexibility index (Phi) is 2.13. The maximum atomic E-state index is 10.9. The third kappa shape index (κ3) is 1.79. The van der Waals surface area contributed by atoms with Gasteiger partial charge < -0.3 is 5.11 Å². The predicted octanol–water partition coefficient (Wildman–Crippen LogP) is 1.59. The first-order valence-corrected chi connectivity index (χ1v) is 5.53. The van der Waals surface area contributed by atoms with Gasteiger partial charge in [-0.25, -0.2) is 0 Å². The van der Waals surface area contributed by atoms with Crippen molar-refractivity contribution in [2.45, 2.75) is 4.90 Å². The monoisotopic (exact) mass is 223 g/mol. The summed E-state index contributed by atoms with van der Waals surface area (Å²) in [5.41, 5.74) is 0. The Morgan fingerprint density at radius 3 is 2.67 bits per heavy atom. The van der Waals surface area contributed by atoms with Crippen molar-refractivity contribution >= 4 is 20.9 Å². The molecule has 0 amide bonds. The summed E-state index contributed by atoms with van der Waals surface area (Å²) in [7, 11) is -4.29. The summed E-state index contributed by atoms with van der Waals surface area (Å²) in [6.45, 7) is 0. The van der Waals surface area contributed by atoms with Crippen LogP contribution in [0.25, 0.3) is 10.8 Å². The second-order valence-electron chi connectivity index (χ2n) is 3.06. The van der Waals surface area contributed by atoms with Crippen LogP contribution in [0, 0.1) is 6.07 Å². The fraction of sp³-hybridized carbons (Fsp3) is 0. The smallest absolute Gasteiger partial charge is 0.294 e. The van der Waals surface area contributed by atoms with Crippen LogP contribution in [0.4, 0.5) is 0 Å². The van der Waals surface area contributed by atoms with Crippen LogP contribution in [0.2, 0.25) is 0 Å². The number of benzene rings is 2. The fourth-order valence-electron chi connectivity index (χ4n) is 1.35. The molecule has 0 unspecified atom stereocenters. The third-order valence-corrected chi connectivity index (χ3v) is 2.88. The lowest BCUT2D eigenvalue weighted by molar-refractivity contribution is 0.471. The van der Waals surface area contributed by atoms with E-state index >= 15 is 0 Å². The number of hydrogen-bond acceptors (Lipinski definition) is 3. The molecule has 2 rings (SSSR count). The zero-order valence-corrected chi connectivity index (χ0v) is 8.32. The molecule has 2 N–H and O–H groups in total. The molecular weight excluding hydrogens is 216 g/mol. The van der Waals surface area contributed by atoms with E-state index in [0.717, 1.165) is 6.07 Å². The van der Waals surface area contributed by atoms with Crippen molar-refractivity contribution in [2.75, 3.05) is 0 Å². The lowest BCUT2D eigenvalue weighted by Crippen LogP contribution is -1.97. The molecule has 77 valence electrons. The molecule has 1 radical (unpaired) electrons. The molecule has 0 bridgehead atoms. The highest BCUT2D eigenvalue weighted by Gasteiger charge is 2.12. The van der Waals surface area contributed by atoms with Gasteiger partial charge in [-0.15, -0.1) is 0 Å². The van der Waals surface area contributed by atoms with Gasteiger partial charge in [0.05, 0.1) is 4.90 Å². The van der Waals surface area contributed by atoms with Crippen molar-refractivity contribution in [3.8, 4) is 5.75 Å². The highest BCUT2D eigenvalue weighted by atomic mass is 32.2. The molecule has 4 nitrogen and oxygen atoms in total. The molecule has 0 aromatic heterocycles. The number of fused-ring (bicyclic) bond motifs is 1. The summed E-state index contributed by atoms with van der Waals surface area (Å²) < 4.78 is 30.5. The van der Waals surface area contributed by atoms with E-state index < -0.39 is 10.1 Å². The number of phenolic OH excluding ortho intramolecular Hbond substituents is 1. The quantitative estimate of drug-likeness (QED) is 0.720. The number of aromatic hydroxyl groups is 1. The average molecular weight is 223 g/mol. The van der Waals surface area contributed by atoms with E-state index in [1.807, 2.05) is 0 Å². The molecule has 5 heteroatoms. The average Bonchev–Trinajstić information content (AvgIpc) is 2.16. The topological polar surface area (TPSA) is 74.6 Å². The lowest BCUT2D eigenvalue weighted by Gasteiger charge is -2.03. The van der Waals surface area contributed by atoms with E-state index in [1.54, 1.807) is 12.1 Å². The van der Waals surface area contributed by atoms with Gasteiger partial charge in [0.25, 0.3) is 10.1 Å². The van der Waals surface area contributed by atoms with Gasteiger partial charge in [-0.05, 0) is 23.6 Å². The first-order chi connectivity index (χ1) is 6.98. The second kappa shape index (κ2) is 3.22. The summed E-state index contributed by atoms with van der Waals surface area (Å²) in [5, 5.41) is 10.5. The molecule has 0 atom stereocenters. The molecule has 0 saturated carbocycles. The van der Waals surface area contributed by atoms with Crippen molar-refractivity contribution in [1.82, 2.24) is 0 Å². The van der Waals surface area contributed by atoms with Crippen LogP contribution in [0.3, 0.4) is 0 Å². The van der Waals surface area contributed by atoms with Crippen LogP contribution >= 0.6 is 0 Å². The first kappa shape index (κ1) is 9.95. The molecule has 0 aliphatic carbocycles. The highest BCUT2D eigenvalue weighted by molar-refractivity contribution is 7.85. The third-order valence-electron chi connectivity index (χ3n) is 2.05. The van der Waals surface area contributed by atoms with E-state index in [9.17, 15) is 13.5 Å². The van der Waals surface area contributed by atoms with Gasteiger partial charge in [0.15, 0.2) is 0 Å². The molecule has 2 aromatic carbocycles. The molecule has 0 fully saturated rings. The maximum absolute atomic E-state index is 10.9. The van der Waals surface area contributed by atoms with Gasteiger partial charge >= 0.3 is 0 Å². The maximum Gasteiger partial charge on any atom is 0.294 e. The minimum atomic E-state index is -4.29. The Bertz CT molecular complexity index is 616. The first-order valence-electron chi connectivity index (χ1n) is 4.09. The molecule has 0 heterocycles. The Morgan fingerprint density at radius 2 is 2.00 bits per heavy atom. The molecule has 0 saturated heterocycles. The van der Waals surface area contributed by atoms with E-state index in [1.165, 1.54) is 12.1 Å². The van der Waals surface area contributed by atoms with Gasteiger partial charge in [0.1, 0.15) is 5.75 Å². The van der Waals surface area contributed by atoms with E-state index in [2.05, 4.69) is 6.07 Å². The number of rotatable bonds is 1. The summed E-state index contributed by atoms with van der Waals surface area (Å²) in [5.74, 6) is -0.186. The minimum Gasteiger partial charge on any atom is -0.507 e. The number of hydrogen-bond donors (Lipinski definition) is 2. The van der Waals surface area contributed by atoms with E-state index in [0.29, 0.717) is 10.8 Å². The van der Waals surface area contributed by atoms with Crippen molar-refractivity contribution < 1.29 is 18.1 Å². The van der Waals surface area contributed by atoms with E-state index in [-0.39, 0.29) is 10.6 Å². The van der Waals surface area contributed by atoms with Crippen molar-refractivity contribution in [3.05, 3.63) is 36.4 Å². The summed E-state index contributed by atoms with van der Waals surface area (Å²) in [6, 6.07) is 9.79. The Morgan fingerprint density at radius 1 is 1.27 bits per heavy atom. The molecule has 15 heavy (non-hydrogen) atoms. The van der Waals surface area contributed by atoms with Crippen molar-refractivity contribution in [2.24, 2.45) is 0 Å². The van der Waals surface area contributed by atoms with Gasteiger partial charge in [-0.1, -0.05) is 12.1 Å². The van der Waals surface area contributed by atoms with Crippen LogP contribution in [0.1, 0.15) is 0 Å². The Balaban J connectivity index is 2.85. The van der Waals surface area contributed by atoms with Gasteiger partial charge in [0.2, 0.25) is 0 Å². The normalized spacial score (nSPS) is 11.8. The molecule has 0 spiro atoms. The van der Waals surface area contributed by atoms with Gasteiger partial charge in [-0.3, -0.25) is 4.55 Å². The zero-order valence-electron chi connectivity index (χ0n) is 7.51. The fourth-order valence-corrected chi connectivity index (χ4v) is 1.89. The van der Waals surface area contributed by atoms with Crippen LogP contribution in [0.5, 0.6) is 5.75 Å². The molecule has 0 aliphatic rings. The van der Waals surface area contributed by atoms with E-state index in [4.69, 9.17) is 4.55 Å². The SMILES string of the molecule is O=S(=O)(O)c1cc(O)c2cc[c]cc2c1.